The Labute approximate surface area is 132 Å². The summed E-state index contributed by atoms with van der Waals surface area (Å²) in [5, 5.41) is 6.49. The third-order valence-electron chi connectivity index (χ3n) is 3.43. The zero-order valence-corrected chi connectivity index (χ0v) is 13.2. The Morgan fingerprint density at radius 2 is 1.36 bits per heavy atom. The van der Waals surface area contributed by atoms with Gasteiger partial charge < -0.3 is 0 Å². The maximum absolute atomic E-state index is 11.8. The van der Waals surface area contributed by atoms with Gasteiger partial charge in [0.2, 0.25) is 0 Å². The van der Waals surface area contributed by atoms with Crippen molar-refractivity contribution in [1.82, 2.24) is 5.01 Å². The lowest BCUT2D eigenvalue weighted by Crippen LogP contribution is -2.21. The number of ketones is 1. The van der Waals surface area contributed by atoms with Gasteiger partial charge in [0.05, 0.1) is 13.1 Å². The molecular formula is C19H22N2O. The highest BCUT2D eigenvalue weighted by molar-refractivity contribution is 6.38. The zero-order valence-electron chi connectivity index (χ0n) is 13.2. The van der Waals surface area contributed by atoms with Crippen LogP contribution in [-0.2, 0) is 17.9 Å². The summed E-state index contributed by atoms with van der Waals surface area (Å²) < 4.78 is 0. The van der Waals surface area contributed by atoms with Crippen molar-refractivity contribution in [2.75, 3.05) is 0 Å². The lowest BCUT2D eigenvalue weighted by molar-refractivity contribution is -0.112. The second kappa shape index (κ2) is 8.13. The van der Waals surface area contributed by atoms with Gasteiger partial charge in [-0.25, -0.2) is 0 Å². The van der Waals surface area contributed by atoms with E-state index in [0.717, 1.165) is 0 Å². The molecule has 0 unspecified atom stereocenters. The van der Waals surface area contributed by atoms with E-state index in [1.807, 2.05) is 48.3 Å². The van der Waals surface area contributed by atoms with E-state index in [9.17, 15) is 4.79 Å². The molecule has 0 saturated heterocycles. The molecule has 0 atom stereocenters. The molecule has 2 aromatic rings. The minimum absolute atomic E-state index is 0.0890. The van der Waals surface area contributed by atoms with Crippen LogP contribution in [0.15, 0.2) is 65.8 Å². The number of Topliss-reactive ketones (excluding diaryl/α,β-unsaturated/α-hetero) is 1. The van der Waals surface area contributed by atoms with Gasteiger partial charge in [-0.05, 0) is 18.1 Å². The van der Waals surface area contributed by atoms with Crippen LogP contribution < -0.4 is 0 Å². The zero-order chi connectivity index (χ0) is 15.8. The van der Waals surface area contributed by atoms with Gasteiger partial charge in [-0.3, -0.25) is 9.80 Å². The summed E-state index contributed by atoms with van der Waals surface area (Å²) in [7, 11) is 0. The maximum Gasteiger partial charge on any atom is 0.178 e. The third kappa shape index (κ3) is 4.85. The molecule has 0 fully saturated rings. The first kappa shape index (κ1) is 16.0. The molecule has 0 heterocycles. The van der Waals surface area contributed by atoms with E-state index in [1.165, 1.54) is 11.1 Å². The predicted octanol–water partition coefficient (Wildman–Crippen LogP) is 4.04. The second-order valence-corrected chi connectivity index (χ2v) is 5.26. The number of hydrogen-bond donors (Lipinski definition) is 0. The summed E-state index contributed by atoms with van der Waals surface area (Å²) in [5.74, 6) is 0.0890. The summed E-state index contributed by atoms with van der Waals surface area (Å²) in [5.41, 5.74) is 2.92. The predicted molar refractivity (Wildman–Crippen MR) is 90.5 cm³/mol. The molecule has 0 amide bonds. The highest BCUT2D eigenvalue weighted by Crippen LogP contribution is 2.11. The topological polar surface area (TPSA) is 32.7 Å². The maximum atomic E-state index is 11.8. The molecule has 0 aliphatic rings. The lowest BCUT2D eigenvalue weighted by atomic mass is 10.2. The molecule has 0 aromatic heterocycles. The number of hydrogen-bond acceptors (Lipinski definition) is 3. The van der Waals surface area contributed by atoms with Gasteiger partial charge in [0, 0.05) is 6.42 Å². The molecule has 0 bridgehead atoms. The monoisotopic (exact) mass is 294 g/mol. The van der Waals surface area contributed by atoms with Crippen molar-refractivity contribution in [1.29, 1.82) is 0 Å². The smallest absolute Gasteiger partial charge is 0.178 e. The SMILES string of the molecule is CCC(=O)/C(C)=N/N(Cc1ccccc1)Cc1ccccc1. The van der Waals surface area contributed by atoms with E-state index < -0.39 is 0 Å². The molecule has 3 nitrogen and oxygen atoms in total. The van der Waals surface area contributed by atoms with Crippen LogP contribution in [0.2, 0.25) is 0 Å². The van der Waals surface area contributed by atoms with E-state index in [4.69, 9.17) is 0 Å². The lowest BCUT2D eigenvalue weighted by Gasteiger charge is -2.20. The molecule has 0 aliphatic heterocycles. The van der Waals surface area contributed by atoms with Gasteiger partial charge in [0.15, 0.2) is 5.78 Å². The van der Waals surface area contributed by atoms with Gasteiger partial charge in [-0.2, -0.15) is 5.10 Å². The average Bonchev–Trinajstić information content (AvgIpc) is 2.55. The average molecular weight is 294 g/mol. The van der Waals surface area contributed by atoms with Crippen molar-refractivity contribution in [3.05, 3.63) is 71.8 Å². The summed E-state index contributed by atoms with van der Waals surface area (Å²) in [4.78, 5) is 11.8. The Kier molecular flexibility index (Phi) is 5.90. The van der Waals surface area contributed by atoms with E-state index in [1.54, 1.807) is 6.92 Å². The summed E-state index contributed by atoms with van der Waals surface area (Å²) in [6.45, 7) is 5.02. The summed E-state index contributed by atoms with van der Waals surface area (Å²) in [6, 6.07) is 20.4. The fourth-order valence-electron chi connectivity index (χ4n) is 2.24. The van der Waals surface area contributed by atoms with Crippen LogP contribution >= 0.6 is 0 Å². The molecule has 2 rings (SSSR count). The van der Waals surface area contributed by atoms with Crippen LogP contribution in [0.25, 0.3) is 0 Å². The van der Waals surface area contributed by atoms with Crippen LogP contribution in [-0.4, -0.2) is 16.5 Å². The van der Waals surface area contributed by atoms with E-state index >= 15 is 0 Å². The Bertz CT molecular complexity index is 579. The van der Waals surface area contributed by atoms with Crippen molar-refractivity contribution in [3.8, 4) is 0 Å². The fraction of sp³-hybridized carbons (Fsp3) is 0.263. The standard InChI is InChI=1S/C19H22N2O/c1-3-19(22)16(2)20-21(14-17-10-6-4-7-11-17)15-18-12-8-5-9-13-18/h4-13H,3,14-15H2,1-2H3/b20-16+. The van der Waals surface area contributed by atoms with Gasteiger partial charge in [0.1, 0.15) is 5.71 Å². The molecule has 0 radical (unpaired) electrons. The fourth-order valence-corrected chi connectivity index (χ4v) is 2.24. The van der Waals surface area contributed by atoms with E-state index in [0.29, 0.717) is 25.2 Å². The summed E-state index contributed by atoms with van der Waals surface area (Å²) >= 11 is 0. The molecule has 114 valence electrons. The number of rotatable bonds is 7. The molecule has 0 saturated carbocycles. The van der Waals surface area contributed by atoms with Crippen molar-refractivity contribution in [2.24, 2.45) is 5.10 Å². The van der Waals surface area contributed by atoms with Crippen molar-refractivity contribution >= 4 is 11.5 Å². The quantitative estimate of drug-likeness (QED) is 0.570. The molecule has 0 spiro atoms. The Morgan fingerprint density at radius 3 is 1.77 bits per heavy atom. The summed E-state index contributed by atoms with van der Waals surface area (Å²) in [6.07, 6.45) is 0.486. The Hall–Kier alpha value is -2.42. The molecule has 22 heavy (non-hydrogen) atoms. The minimum atomic E-state index is 0.0890. The largest absolute Gasteiger partial charge is 0.293 e. The van der Waals surface area contributed by atoms with Crippen LogP contribution in [0.4, 0.5) is 0 Å². The Morgan fingerprint density at radius 1 is 0.909 bits per heavy atom. The van der Waals surface area contributed by atoms with Crippen LogP contribution in [0.5, 0.6) is 0 Å². The van der Waals surface area contributed by atoms with Gasteiger partial charge in [-0.1, -0.05) is 67.6 Å². The number of benzene rings is 2. The third-order valence-corrected chi connectivity index (χ3v) is 3.43. The minimum Gasteiger partial charge on any atom is -0.293 e. The number of carbonyl (C=O) groups is 1. The molecule has 2 aromatic carbocycles. The molecule has 0 aliphatic carbocycles. The highest BCUT2D eigenvalue weighted by atomic mass is 16.1. The number of carbonyl (C=O) groups excluding carboxylic acids is 1. The number of hydrazone groups is 1. The van der Waals surface area contributed by atoms with Crippen LogP contribution in [0, 0.1) is 0 Å². The van der Waals surface area contributed by atoms with Crippen molar-refractivity contribution in [2.45, 2.75) is 33.4 Å². The first-order chi connectivity index (χ1) is 10.7. The van der Waals surface area contributed by atoms with Gasteiger partial charge in [-0.15, -0.1) is 0 Å². The second-order valence-electron chi connectivity index (χ2n) is 5.26. The van der Waals surface area contributed by atoms with Crippen LogP contribution in [0.1, 0.15) is 31.4 Å². The highest BCUT2D eigenvalue weighted by Gasteiger charge is 2.08. The van der Waals surface area contributed by atoms with E-state index in [2.05, 4.69) is 29.4 Å². The first-order valence-corrected chi connectivity index (χ1v) is 7.60. The number of nitrogens with zero attached hydrogens (tertiary/aromatic N) is 2. The van der Waals surface area contributed by atoms with Crippen molar-refractivity contribution in [3.63, 3.8) is 0 Å². The van der Waals surface area contributed by atoms with Gasteiger partial charge in [0.25, 0.3) is 0 Å². The normalized spacial score (nSPS) is 11.3. The Balaban J connectivity index is 2.18. The molecule has 0 N–H and O–H groups in total. The van der Waals surface area contributed by atoms with Crippen molar-refractivity contribution < 1.29 is 4.79 Å². The van der Waals surface area contributed by atoms with Gasteiger partial charge >= 0.3 is 0 Å². The molecular weight excluding hydrogens is 272 g/mol. The van der Waals surface area contributed by atoms with E-state index in [-0.39, 0.29) is 5.78 Å². The molecule has 3 heteroatoms. The van der Waals surface area contributed by atoms with Crippen LogP contribution in [0.3, 0.4) is 0 Å². The first-order valence-electron chi connectivity index (χ1n) is 7.60.